The lowest BCUT2D eigenvalue weighted by atomic mass is 10.1. The maximum absolute atomic E-state index is 13.6. The highest BCUT2D eigenvalue weighted by Gasteiger charge is 2.38. The third-order valence-electron chi connectivity index (χ3n) is 7.48. The standard InChI is InChI=1S/C32H40F3N7O5/c1-7-40(30(45)46-31(3,4)5)15-14-36-26(43)19-41(20-27(44)39(6)42-17-23-10-8-9-11-24(23)18-42)25-16-22(13-12-21(25)2)28-37-29(47-38-28)32(33,34)35/h8-13,16H,7,14-15,17-20H2,1-6H3,(H,36,43). The number of likely N-dealkylation sites (N-methyl/N-ethyl adjacent to an activating group) is 2. The van der Waals surface area contributed by atoms with Gasteiger partial charge in [0.05, 0.1) is 13.1 Å². The Hall–Kier alpha value is -4.66. The second-order valence-corrected chi connectivity index (χ2v) is 12.2. The molecule has 0 saturated carbocycles. The van der Waals surface area contributed by atoms with E-state index >= 15 is 0 Å². The molecule has 254 valence electrons. The average Bonchev–Trinajstić information content (AvgIpc) is 3.66. The van der Waals surface area contributed by atoms with Crippen LogP contribution >= 0.6 is 0 Å². The minimum atomic E-state index is -4.81. The highest BCUT2D eigenvalue weighted by atomic mass is 19.4. The summed E-state index contributed by atoms with van der Waals surface area (Å²) in [7, 11) is 1.66. The van der Waals surface area contributed by atoms with E-state index in [1.807, 2.05) is 29.3 Å². The summed E-state index contributed by atoms with van der Waals surface area (Å²) in [6, 6.07) is 12.6. The lowest BCUT2D eigenvalue weighted by Gasteiger charge is -2.32. The largest absolute Gasteiger partial charge is 0.471 e. The van der Waals surface area contributed by atoms with Crippen LogP contribution in [0.2, 0.25) is 0 Å². The third kappa shape index (κ3) is 9.21. The van der Waals surface area contributed by atoms with Crippen LogP contribution in [0.3, 0.4) is 0 Å². The molecular weight excluding hydrogens is 619 g/mol. The lowest BCUT2D eigenvalue weighted by Crippen LogP contribution is -2.48. The second kappa shape index (κ2) is 14.4. The van der Waals surface area contributed by atoms with Gasteiger partial charge >= 0.3 is 18.2 Å². The number of aryl methyl sites for hydroxylation is 1. The Kier molecular flexibility index (Phi) is 10.8. The number of fused-ring (bicyclic) bond motifs is 1. The van der Waals surface area contributed by atoms with Gasteiger partial charge in [-0.1, -0.05) is 41.6 Å². The molecule has 0 aliphatic carbocycles. The summed E-state index contributed by atoms with van der Waals surface area (Å²) in [5, 5.41) is 9.67. The molecule has 1 aliphatic rings. The van der Waals surface area contributed by atoms with Crippen molar-refractivity contribution in [2.75, 3.05) is 44.7 Å². The Morgan fingerprint density at radius 2 is 1.70 bits per heavy atom. The third-order valence-corrected chi connectivity index (χ3v) is 7.48. The number of rotatable bonds is 11. The van der Waals surface area contributed by atoms with Crippen LogP contribution < -0.4 is 10.2 Å². The number of hydrogen-bond donors (Lipinski definition) is 1. The first-order chi connectivity index (χ1) is 22.1. The summed E-state index contributed by atoms with van der Waals surface area (Å²) in [5.74, 6) is -2.51. The van der Waals surface area contributed by atoms with Gasteiger partial charge in [0.1, 0.15) is 5.60 Å². The molecule has 0 spiro atoms. The van der Waals surface area contributed by atoms with Crippen molar-refractivity contribution in [3.8, 4) is 11.4 Å². The Morgan fingerprint density at radius 1 is 1.04 bits per heavy atom. The van der Waals surface area contributed by atoms with Gasteiger partial charge in [-0.2, -0.15) is 18.2 Å². The fraction of sp³-hybridized carbons (Fsp3) is 0.469. The van der Waals surface area contributed by atoms with Crippen molar-refractivity contribution in [3.05, 3.63) is 65.0 Å². The monoisotopic (exact) mass is 659 g/mol. The molecular formula is C32H40F3N7O5. The molecule has 0 saturated heterocycles. The van der Waals surface area contributed by atoms with E-state index in [1.54, 1.807) is 52.6 Å². The maximum atomic E-state index is 13.6. The minimum absolute atomic E-state index is 0.127. The van der Waals surface area contributed by atoms with Gasteiger partial charge in [0.15, 0.2) is 0 Å². The molecule has 3 aromatic rings. The Balaban J connectivity index is 1.52. The van der Waals surface area contributed by atoms with Crippen molar-refractivity contribution < 1.29 is 36.8 Å². The molecule has 12 nitrogen and oxygen atoms in total. The molecule has 1 aliphatic heterocycles. The van der Waals surface area contributed by atoms with Gasteiger partial charge in [0, 0.05) is 51.0 Å². The molecule has 15 heteroatoms. The van der Waals surface area contributed by atoms with E-state index in [2.05, 4.69) is 20.0 Å². The predicted molar refractivity (Wildman–Crippen MR) is 167 cm³/mol. The molecule has 2 aromatic carbocycles. The van der Waals surface area contributed by atoms with Gasteiger partial charge in [-0.3, -0.25) is 14.6 Å². The number of aromatic nitrogens is 2. The molecule has 0 unspecified atom stereocenters. The first-order valence-electron chi connectivity index (χ1n) is 15.2. The number of halogens is 3. The van der Waals surface area contributed by atoms with Gasteiger partial charge < -0.3 is 24.4 Å². The van der Waals surface area contributed by atoms with Crippen LogP contribution in [0.5, 0.6) is 0 Å². The Bertz CT molecular complexity index is 1560. The maximum Gasteiger partial charge on any atom is 0.471 e. The van der Waals surface area contributed by atoms with E-state index in [0.29, 0.717) is 30.9 Å². The summed E-state index contributed by atoms with van der Waals surface area (Å²) >= 11 is 0. The highest BCUT2D eigenvalue weighted by Crippen LogP contribution is 2.32. The van der Waals surface area contributed by atoms with Gasteiger partial charge in [0.25, 0.3) is 5.91 Å². The molecule has 4 rings (SSSR count). The number of alkyl halides is 3. The van der Waals surface area contributed by atoms with Gasteiger partial charge in [-0.25, -0.2) is 9.80 Å². The summed E-state index contributed by atoms with van der Waals surface area (Å²) < 4.78 is 49.2. The van der Waals surface area contributed by atoms with Gasteiger partial charge in [-0.15, -0.1) is 0 Å². The van der Waals surface area contributed by atoms with Crippen molar-refractivity contribution in [2.45, 2.75) is 59.5 Å². The van der Waals surface area contributed by atoms with Crippen LogP contribution in [0, 0.1) is 6.92 Å². The molecule has 47 heavy (non-hydrogen) atoms. The van der Waals surface area contributed by atoms with Gasteiger partial charge in [-0.05, 0) is 57.4 Å². The summed E-state index contributed by atoms with van der Waals surface area (Å²) in [6.45, 7) is 10.1. The summed E-state index contributed by atoms with van der Waals surface area (Å²) in [6.07, 6.45) is -5.32. The Morgan fingerprint density at radius 3 is 2.28 bits per heavy atom. The number of nitrogens with one attached hydrogen (secondary N) is 1. The van der Waals surface area contributed by atoms with Crippen molar-refractivity contribution in [3.63, 3.8) is 0 Å². The number of nitrogens with zero attached hydrogens (tertiary/aromatic N) is 6. The van der Waals surface area contributed by atoms with E-state index in [4.69, 9.17) is 4.74 Å². The van der Waals surface area contributed by atoms with Crippen LogP contribution in [-0.2, 0) is 33.6 Å². The number of ether oxygens (including phenoxy) is 1. The van der Waals surface area contributed by atoms with Crippen LogP contribution in [0.15, 0.2) is 47.0 Å². The predicted octanol–water partition coefficient (Wildman–Crippen LogP) is 4.63. The molecule has 0 bridgehead atoms. The summed E-state index contributed by atoms with van der Waals surface area (Å²) in [5.41, 5.74) is 2.84. The number of carbonyl (C=O) groups excluding carboxylic acids is 3. The van der Waals surface area contributed by atoms with Gasteiger partial charge in [0.2, 0.25) is 11.7 Å². The molecule has 2 heterocycles. The van der Waals surface area contributed by atoms with E-state index in [0.717, 1.165) is 11.1 Å². The fourth-order valence-corrected chi connectivity index (χ4v) is 4.99. The van der Waals surface area contributed by atoms with Crippen LogP contribution in [-0.4, -0.2) is 88.3 Å². The average molecular weight is 660 g/mol. The molecule has 0 fully saturated rings. The minimum Gasteiger partial charge on any atom is -0.444 e. The number of amides is 3. The van der Waals surface area contributed by atoms with Crippen molar-refractivity contribution >= 4 is 23.6 Å². The van der Waals surface area contributed by atoms with Crippen molar-refractivity contribution in [2.24, 2.45) is 0 Å². The zero-order chi connectivity index (χ0) is 34.5. The smallest absolute Gasteiger partial charge is 0.444 e. The fourth-order valence-electron chi connectivity index (χ4n) is 4.99. The molecule has 0 atom stereocenters. The molecule has 1 N–H and O–H groups in total. The summed E-state index contributed by atoms with van der Waals surface area (Å²) in [4.78, 5) is 45.9. The molecule has 3 amide bonds. The van der Waals surface area contributed by atoms with Crippen molar-refractivity contribution in [1.29, 1.82) is 0 Å². The number of hydrogen-bond acceptors (Lipinski definition) is 9. The SMILES string of the molecule is CCN(CCNC(=O)CN(CC(=O)N(C)N1Cc2ccccc2C1)c1cc(-c2noc(C(F)(F)F)n2)ccc1C)C(=O)OC(C)(C)C. The normalized spacial score (nSPS) is 13.2. The first-order valence-corrected chi connectivity index (χ1v) is 15.2. The van der Waals surface area contributed by atoms with Crippen LogP contribution in [0.25, 0.3) is 11.4 Å². The van der Waals surface area contributed by atoms with Crippen molar-refractivity contribution in [1.82, 2.24) is 30.4 Å². The van der Waals surface area contributed by atoms with Crippen LogP contribution in [0.4, 0.5) is 23.7 Å². The molecule has 1 aromatic heterocycles. The number of hydrazine groups is 1. The topological polar surface area (TPSA) is 124 Å². The zero-order valence-electron chi connectivity index (χ0n) is 27.3. The zero-order valence-corrected chi connectivity index (χ0v) is 27.3. The second-order valence-electron chi connectivity index (χ2n) is 12.2. The number of anilines is 1. The van der Waals surface area contributed by atoms with E-state index < -0.39 is 29.7 Å². The Labute approximate surface area is 271 Å². The number of carbonyl (C=O) groups is 3. The molecule has 0 radical (unpaired) electrons. The quantitative estimate of drug-likeness (QED) is 0.314. The van der Waals surface area contributed by atoms with E-state index in [9.17, 15) is 27.6 Å². The first kappa shape index (κ1) is 35.2. The van der Waals surface area contributed by atoms with E-state index in [1.165, 1.54) is 22.0 Å². The number of benzene rings is 2. The lowest BCUT2D eigenvalue weighted by molar-refractivity contribution is -0.159. The van der Waals surface area contributed by atoms with Crippen LogP contribution in [0.1, 0.15) is 50.3 Å². The van der Waals surface area contributed by atoms with E-state index in [-0.39, 0.29) is 43.5 Å². The highest BCUT2D eigenvalue weighted by molar-refractivity contribution is 5.87.